The Morgan fingerprint density at radius 1 is 0.923 bits per heavy atom. The van der Waals surface area contributed by atoms with E-state index in [9.17, 15) is 4.79 Å². The van der Waals surface area contributed by atoms with Crippen molar-refractivity contribution >= 4 is 17.7 Å². The molecule has 1 fully saturated rings. The van der Waals surface area contributed by atoms with Gasteiger partial charge in [-0.25, -0.2) is 0 Å². The van der Waals surface area contributed by atoms with Crippen LogP contribution < -0.4 is 19.7 Å². The molecule has 3 aromatic rings. The van der Waals surface area contributed by atoms with Gasteiger partial charge in [0.2, 0.25) is 0 Å². The molecule has 2 heterocycles. The second kappa shape index (κ2) is 13.5. The number of nitrogens with zero attached hydrogens (tertiary/aromatic N) is 2. The van der Waals surface area contributed by atoms with Crippen LogP contribution in [0.15, 0.2) is 60.7 Å². The fraction of sp³-hybridized carbons (Fsp3) is 0.424. The van der Waals surface area contributed by atoms with Crippen molar-refractivity contribution in [1.29, 1.82) is 0 Å². The SMILES string of the molecule is CCc1cccc(CC)c1NC.CN(C)c1ccc([C@H]2C[C@@H](c3ccc4c(c3)OCCO4)CN2CC=O)cc1. The monoisotopic (exact) mass is 529 g/mol. The summed E-state index contributed by atoms with van der Waals surface area (Å²) in [6.45, 7) is 6.91. The molecule has 1 saturated heterocycles. The number of anilines is 2. The lowest BCUT2D eigenvalue weighted by Crippen LogP contribution is -2.25. The molecule has 0 saturated carbocycles. The van der Waals surface area contributed by atoms with E-state index in [0.29, 0.717) is 25.7 Å². The Bertz CT molecular complexity index is 1200. The maximum absolute atomic E-state index is 11.2. The summed E-state index contributed by atoms with van der Waals surface area (Å²) in [4.78, 5) is 15.6. The minimum absolute atomic E-state index is 0.254. The molecule has 3 aromatic carbocycles. The first-order valence-corrected chi connectivity index (χ1v) is 14.1. The zero-order valence-electron chi connectivity index (χ0n) is 24.1. The van der Waals surface area contributed by atoms with Crippen LogP contribution in [0.3, 0.4) is 0 Å². The number of rotatable bonds is 8. The van der Waals surface area contributed by atoms with Crippen molar-refractivity contribution in [3.8, 4) is 11.5 Å². The number of fused-ring (bicyclic) bond motifs is 1. The molecule has 0 spiro atoms. The second-order valence-corrected chi connectivity index (χ2v) is 10.4. The van der Waals surface area contributed by atoms with E-state index in [1.165, 1.54) is 33.6 Å². The van der Waals surface area contributed by atoms with Crippen LogP contribution >= 0.6 is 0 Å². The number of aldehydes is 1. The number of aryl methyl sites for hydroxylation is 2. The molecule has 5 rings (SSSR count). The number of ether oxygens (including phenoxy) is 2. The van der Waals surface area contributed by atoms with Crippen LogP contribution in [0.25, 0.3) is 0 Å². The largest absolute Gasteiger partial charge is 0.486 e. The summed E-state index contributed by atoms with van der Waals surface area (Å²) in [6.07, 6.45) is 4.20. The minimum atomic E-state index is 0.254. The van der Waals surface area contributed by atoms with Gasteiger partial charge in [-0.1, -0.05) is 50.2 Å². The number of hydrogen-bond acceptors (Lipinski definition) is 6. The fourth-order valence-corrected chi connectivity index (χ4v) is 5.66. The van der Waals surface area contributed by atoms with E-state index < -0.39 is 0 Å². The van der Waals surface area contributed by atoms with Crippen LogP contribution in [0.2, 0.25) is 0 Å². The molecule has 0 radical (unpaired) electrons. The normalized spacial score (nSPS) is 18.2. The van der Waals surface area contributed by atoms with Gasteiger partial charge in [-0.3, -0.25) is 4.90 Å². The number of likely N-dealkylation sites (tertiary alicyclic amines) is 1. The third kappa shape index (κ3) is 6.74. The summed E-state index contributed by atoms with van der Waals surface area (Å²) in [6, 6.07) is 21.7. The van der Waals surface area contributed by atoms with Crippen LogP contribution in [-0.4, -0.2) is 58.6 Å². The van der Waals surface area contributed by atoms with Crippen LogP contribution in [0.4, 0.5) is 11.4 Å². The Labute approximate surface area is 233 Å². The van der Waals surface area contributed by atoms with E-state index in [0.717, 1.165) is 43.6 Å². The summed E-state index contributed by atoms with van der Waals surface area (Å²) < 4.78 is 11.4. The molecule has 6 nitrogen and oxygen atoms in total. The quantitative estimate of drug-likeness (QED) is 0.356. The van der Waals surface area contributed by atoms with Crippen molar-refractivity contribution in [1.82, 2.24) is 4.90 Å². The maximum Gasteiger partial charge on any atom is 0.161 e. The fourth-order valence-electron chi connectivity index (χ4n) is 5.66. The number of para-hydroxylation sites is 1. The summed E-state index contributed by atoms with van der Waals surface area (Å²) in [5.41, 5.74) is 7.85. The van der Waals surface area contributed by atoms with E-state index in [2.05, 4.69) is 83.6 Å². The lowest BCUT2D eigenvalue weighted by atomic mass is 9.93. The average Bonchev–Trinajstić information content (AvgIpc) is 3.40. The van der Waals surface area contributed by atoms with Gasteiger partial charge in [0.05, 0.1) is 6.54 Å². The first-order chi connectivity index (χ1) is 19.0. The van der Waals surface area contributed by atoms with Crippen molar-refractivity contribution in [3.05, 3.63) is 82.9 Å². The smallest absolute Gasteiger partial charge is 0.161 e. The van der Waals surface area contributed by atoms with Gasteiger partial charge >= 0.3 is 0 Å². The zero-order valence-corrected chi connectivity index (χ0v) is 24.1. The standard InChI is InChI=1S/C22H26N2O3.C11H17N/c1-23(2)19-6-3-16(4-7-19)20-13-18(15-24(20)9-10-25)17-5-8-21-22(14-17)27-12-11-26-21;1-4-9-7-6-8-10(5-2)11(9)12-3/h3-8,10,14,18,20H,9,11-13,15H2,1-2H3;6-8,12H,4-5H2,1-3H3/t18-,20-;/m1./s1. The molecule has 0 aliphatic carbocycles. The molecule has 1 N–H and O–H groups in total. The first kappa shape index (κ1) is 28.5. The Morgan fingerprint density at radius 3 is 2.15 bits per heavy atom. The zero-order chi connectivity index (χ0) is 27.8. The van der Waals surface area contributed by atoms with Crippen molar-refractivity contribution < 1.29 is 14.3 Å². The van der Waals surface area contributed by atoms with Gasteiger partial charge in [0, 0.05) is 45.1 Å². The Balaban J connectivity index is 0.000000247. The lowest BCUT2D eigenvalue weighted by Gasteiger charge is -2.23. The Morgan fingerprint density at radius 2 is 1.56 bits per heavy atom. The van der Waals surface area contributed by atoms with Gasteiger partial charge in [0.1, 0.15) is 19.5 Å². The summed E-state index contributed by atoms with van der Waals surface area (Å²) in [5.74, 6) is 2.03. The average molecular weight is 530 g/mol. The van der Waals surface area contributed by atoms with Gasteiger partial charge < -0.3 is 24.5 Å². The molecular weight excluding hydrogens is 486 g/mol. The summed E-state index contributed by atoms with van der Waals surface area (Å²) in [7, 11) is 6.08. The molecule has 208 valence electrons. The molecule has 6 heteroatoms. The van der Waals surface area contributed by atoms with Crippen LogP contribution in [0.5, 0.6) is 11.5 Å². The van der Waals surface area contributed by atoms with Gasteiger partial charge in [-0.05, 0) is 71.7 Å². The van der Waals surface area contributed by atoms with Crippen molar-refractivity contribution in [2.75, 3.05) is 57.7 Å². The summed E-state index contributed by atoms with van der Waals surface area (Å²) in [5, 5.41) is 3.27. The third-order valence-electron chi connectivity index (χ3n) is 7.79. The Hall–Kier alpha value is -3.51. The lowest BCUT2D eigenvalue weighted by molar-refractivity contribution is -0.109. The molecule has 0 bridgehead atoms. The minimum Gasteiger partial charge on any atom is -0.486 e. The molecular formula is C33H43N3O3. The highest BCUT2D eigenvalue weighted by Gasteiger charge is 2.34. The van der Waals surface area contributed by atoms with Gasteiger partial charge in [0.15, 0.2) is 11.5 Å². The molecule has 0 amide bonds. The number of carbonyl (C=O) groups is 1. The number of nitrogens with one attached hydrogen (secondary N) is 1. The molecule has 2 atom stereocenters. The highest BCUT2D eigenvalue weighted by Crippen LogP contribution is 2.42. The van der Waals surface area contributed by atoms with Crippen LogP contribution in [-0.2, 0) is 17.6 Å². The van der Waals surface area contributed by atoms with Crippen molar-refractivity contribution in [2.24, 2.45) is 0 Å². The number of hydrogen-bond donors (Lipinski definition) is 1. The van der Waals surface area contributed by atoms with Crippen LogP contribution in [0.1, 0.15) is 54.5 Å². The second-order valence-electron chi connectivity index (χ2n) is 10.4. The maximum atomic E-state index is 11.2. The molecule has 2 aliphatic heterocycles. The third-order valence-corrected chi connectivity index (χ3v) is 7.79. The van der Waals surface area contributed by atoms with Gasteiger partial charge in [0.25, 0.3) is 0 Å². The van der Waals surface area contributed by atoms with E-state index >= 15 is 0 Å². The van der Waals surface area contributed by atoms with Gasteiger partial charge in [-0.15, -0.1) is 0 Å². The highest BCUT2D eigenvalue weighted by atomic mass is 16.6. The molecule has 2 aliphatic rings. The van der Waals surface area contributed by atoms with E-state index in [1.54, 1.807) is 0 Å². The van der Waals surface area contributed by atoms with E-state index in [-0.39, 0.29) is 6.04 Å². The van der Waals surface area contributed by atoms with Crippen LogP contribution in [0, 0.1) is 0 Å². The van der Waals surface area contributed by atoms with E-state index in [1.807, 2.05) is 27.2 Å². The number of carbonyl (C=O) groups excluding carboxylic acids is 1. The first-order valence-electron chi connectivity index (χ1n) is 14.1. The summed E-state index contributed by atoms with van der Waals surface area (Å²) >= 11 is 0. The number of benzene rings is 3. The predicted octanol–water partition coefficient (Wildman–Crippen LogP) is 6.11. The molecule has 0 aromatic heterocycles. The molecule has 0 unspecified atom stereocenters. The highest BCUT2D eigenvalue weighted by molar-refractivity contribution is 5.57. The van der Waals surface area contributed by atoms with Crippen molar-refractivity contribution in [3.63, 3.8) is 0 Å². The predicted molar refractivity (Wildman–Crippen MR) is 161 cm³/mol. The topological polar surface area (TPSA) is 54.0 Å². The molecule has 39 heavy (non-hydrogen) atoms. The van der Waals surface area contributed by atoms with Gasteiger partial charge in [-0.2, -0.15) is 0 Å². The van der Waals surface area contributed by atoms with E-state index in [4.69, 9.17) is 9.47 Å². The van der Waals surface area contributed by atoms with Crippen molar-refractivity contribution in [2.45, 2.75) is 45.1 Å². The Kier molecular flexibility index (Phi) is 9.88.